The van der Waals surface area contributed by atoms with Gasteiger partial charge in [-0.3, -0.25) is 0 Å². The van der Waals surface area contributed by atoms with E-state index in [0.717, 1.165) is 10.0 Å². The fraction of sp³-hybridized carbons (Fsp3) is 0.0769. The van der Waals surface area contributed by atoms with Crippen LogP contribution in [-0.2, 0) is 0 Å². The first kappa shape index (κ1) is 12.3. The smallest absolute Gasteiger partial charge is 0.146 e. The fourth-order valence-electron chi connectivity index (χ4n) is 1.41. The van der Waals surface area contributed by atoms with Crippen molar-refractivity contribution in [3.05, 3.63) is 51.5 Å². The van der Waals surface area contributed by atoms with Gasteiger partial charge in [0.2, 0.25) is 0 Å². The second kappa shape index (κ2) is 4.98. The number of aryl methyl sites for hydroxylation is 1. The van der Waals surface area contributed by atoms with Crippen molar-refractivity contribution in [1.82, 2.24) is 0 Å². The summed E-state index contributed by atoms with van der Waals surface area (Å²) in [7, 11) is 0. The molecule has 2 aromatic rings. The second-order valence-corrected chi connectivity index (χ2v) is 4.99. The molecule has 0 saturated heterocycles. The van der Waals surface area contributed by atoms with Gasteiger partial charge in [0.25, 0.3) is 0 Å². The topological polar surface area (TPSA) is 35.2 Å². The van der Waals surface area contributed by atoms with Crippen LogP contribution in [0.5, 0.6) is 11.5 Å². The molecule has 0 spiro atoms. The molecule has 4 heteroatoms. The molecular weight excluding hydrogens is 302 g/mol. The van der Waals surface area contributed by atoms with Crippen LogP contribution in [0.15, 0.2) is 40.9 Å². The Morgan fingerprint density at radius 2 is 1.82 bits per heavy atom. The van der Waals surface area contributed by atoms with Gasteiger partial charge in [-0.25, -0.2) is 0 Å². The zero-order valence-corrected chi connectivity index (χ0v) is 11.5. The van der Waals surface area contributed by atoms with E-state index in [4.69, 9.17) is 22.1 Å². The molecule has 0 aliphatic carbocycles. The SMILES string of the molecule is Cc1ccc(Oc2ccc(N)cc2Br)c(Cl)c1. The van der Waals surface area contributed by atoms with E-state index in [9.17, 15) is 0 Å². The first-order valence-corrected chi connectivity index (χ1v) is 6.22. The van der Waals surface area contributed by atoms with E-state index in [2.05, 4.69) is 15.9 Å². The molecule has 0 aliphatic heterocycles. The lowest BCUT2D eigenvalue weighted by Gasteiger charge is -2.10. The third-order valence-electron chi connectivity index (χ3n) is 2.26. The highest BCUT2D eigenvalue weighted by molar-refractivity contribution is 9.10. The molecule has 2 N–H and O–H groups in total. The van der Waals surface area contributed by atoms with Crippen molar-refractivity contribution in [2.75, 3.05) is 5.73 Å². The molecule has 0 radical (unpaired) electrons. The average molecular weight is 313 g/mol. The molecule has 0 aromatic heterocycles. The quantitative estimate of drug-likeness (QED) is 0.810. The molecular formula is C13H11BrClNO. The number of nitrogen functional groups attached to an aromatic ring is 1. The summed E-state index contributed by atoms with van der Waals surface area (Å²) in [6.45, 7) is 1.98. The Balaban J connectivity index is 2.31. The Bertz CT molecular complexity index is 508. The maximum atomic E-state index is 6.10. The van der Waals surface area contributed by atoms with Crippen LogP contribution in [0, 0.1) is 6.92 Å². The number of hydrogen-bond acceptors (Lipinski definition) is 2. The molecule has 0 fully saturated rings. The summed E-state index contributed by atoms with van der Waals surface area (Å²) in [5.74, 6) is 1.31. The van der Waals surface area contributed by atoms with Gasteiger partial charge in [0.1, 0.15) is 11.5 Å². The lowest BCUT2D eigenvalue weighted by molar-refractivity contribution is 0.480. The highest BCUT2D eigenvalue weighted by Gasteiger charge is 2.06. The van der Waals surface area contributed by atoms with Crippen molar-refractivity contribution in [2.24, 2.45) is 0 Å². The Kier molecular flexibility index (Phi) is 3.60. The van der Waals surface area contributed by atoms with Crippen molar-refractivity contribution >= 4 is 33.2 Å². The van der Waals surface area contributed by atoms with Crippen LogP contribution in [0.25, 0.3) is 0 Å². The van der Waals surface area contributed by atoms with E-state index < -0.39 is 0 Å². The van der Waals surface area contributed by atoms with E-state index in [1.807, 2.05) is 25.1 Å². The summed E-state index contributed by atoms with van der Waals surface area (Å²) >= 11 is 9.49. The molecule has 88 valence electrons. The zero-order valence-electron chi connectivity index (χ0n) is 9.21. The summed E-state index contributed by atoms with van der Waals surface area (Å²) in [6, 6.07) is 11.0. The first-order chi connectivity index (χ1) is 8.06. The molecule has 2 nitrogen and oxygen atoms in total. The van der Waals surface area contributed by atoms with Gasteiger partial charge >= 0.3 is 0 Å². The van der Waals surface area contributed by atoms with Gasteiger partial charge in [-0.05, 0) is 58.7 Å². The zero-order chi connectivity index (χ0) is 12.4. The number of hydrogen-bond donors (Lipinski definition) is 1. The molecule has 0 atom stereocenters. The van der Waals surface area contributed by atoms with Gasteiger partial charge in [-0.15, -0.1) is 0 Å². The largest absolute Gasteiger partial charge is 0.455 e. The van der Waals surface area contributed by atoms with Gasteiger partial charge in [0.05, 0.1) is 9.50 Å². The third kappa shape index (κ3) is 2.93. The molecule has 0 heterocycles. The number of anilines is 1. The predicted octanol–water partition coefficient (Wildman–Crippen LogP) is 4.79. The predicted molar refractivity (Wildman–Crippen MR) is 74.8 cm³/mol. The van der Waals surface area contributed by atoms with Crippen LogP contribution in [0.2, 0.25) is 5.02 Å². The van der Waals surface area contributed by atoms with E-state index >= 15 is 0 Å². The third-order valence-corrected chi connectivity index (χ3v) is 3.18. The van der Waals surface area contributed by atoms with Crippen LogP contribution in [-0.4, -0.2) is 0 Å². The summed E-state index contributed by atoms with van der Waals surface area (Å²) in [5, 5.41) is 0.591. The maximum absolute atomic E-state index is 6.10. The first-order valence-electron chi connectivity index (χ1n) is 5.05. The second-order valence-electron chi connectivity index (χ2n) is 3.73. The van der Waals surface area contributed by atoms with Crippen LogP contribution in [0.1, 0.15) is 5.56 Å². The molecule has 2 rings (SSSR count). The number of rotatable bonds is 2. The van der Waals surface area contributed by atoms with Gasteiger partial charge in [-0.2, -0.15) is 0 Å². The van der Waals surface area contributed by atoms with Crippen LogP contribution in [0.3, 0.4) is 0 Å². The van der Waals surface area contributed by atoms with Crippen molar-refractivity contribution < 1.29 is 4.74 Å². The fourth-order valence-corrected chi connectivity index (χ4v) is 2.16. The van der Waals surface area contributed by atoms with Crippen molar-refractivity contribution in [3.8, 4) is 11.5 Å². The normalized spacial score (nSPS) is 10.3. The van der Waals surface area contributed by atoms with Gasteiger partial charge in [-0.1, -0.05) is 17.7 Å². The lowest BCUT2D eigenvalue weighted by Crippen LogP contribution is -1.89. The Morgan fingerprint density at radius 1 is 1.12 bits per heavy atom. The highest BCUT2D eigenvalue weighted by atomic mass is 79.9. The Hall–Kier alpha value is -1.19. The number of ether oxygens (including phenoxy) is 1. The van der Waals surface area contributed by atoms with Crippen LogP contribution in [0.4, 0.5) is 5.69 Å². The van der Waals surface area contributed by atoms with E-state index in [-0.39, 0.29) is 0 Å². The van der Waals surface area contributed by atoms with Crippen molar-refractivity contribution in [1.29, 1.82) is 0 Å². The number of benzene rings is 2. The van der Waals surface area contributed by atoms with E-state index in [1.54, 1.807) is 18.2 Å². The van der Waals surface area contributed by atoms with Gasteiger partial charge in [0, 0.05) is 5.69 Å². The number of nitrogens with two attached hydrogens (primary N) is 1. The van der Waals surface area contributed by atoms with Crippen LogP contribution < -0.4 is 10.5 Å². The van der Waals surface area contributed by atoms with Gasteiger partial charge < -0.3 is 10.5 Å². The minimum absolute atomic E-state index is 0.591. The molecule has 0 aliphatic rings. The van der Waals surface area contributed by atoms with E-state index in [0.29, 0.717) is 22.2 Å². The summed E-state index contributed by atoms with van der Waals surface area (Å²) in [5.41, 5.74) is 7.43. The summed E-state index contributed by atoms with van der Waals surface area (Å²) < 4.78 is 6.52. The minimum atomic E-state index is 0.591. The standard InChI is InChI=1S/C13H11BrClNO/c1-8-2-4-13(11(15)6-8)17-12-5-3-9(16)7-10(12)14/h2-7H,16H2,1H3. The Labute approximate surface area is 113 Å². The van der Waals surface area contributed by atoms with Crippen molar-refractivity contribution in [2.45, 2.75) is 6.92 Å². The van der Waals surface area contributed by atoms with E-state index in [1.165, 1.54) is 0 Å². The van der Waals surface area contributed by atoms with Crippen LogP contribution >= 0.6 is 27.5 Å². The Morgan fingerprint density at radius 3 is 2.47 bits per heavy atom. The maximum Gasteiger partial charge on any atom is 0.146 e. The molecule has 17 heavy (non-hydrogen) atoms. The highest BCUT2D eigenvalue weighted by Crippen LogP contribution is 2.34. The van der Waals surface area contributed by atoms with Gasteiger partial charge in [0.15, 0.2) is 0 Å². The lowest BCUT2D eigenvalue weighted by atomic mass is 10.2. The molecule has 0 amide bonds. The number of halogens is 2. The molecule has 0 saturated carbocycles. The van der Waals surface area contributed by atoms with Crippen molar-refractivity contribution in [3.63, 3.8) is 0 Å². The molecule has 0 bridgehead atoms. The molecule has 2 aromatic carbocycles. The summed E-state index contributed by atoms with van der Waals surface area (Å²) in [4.78, 5) is 0. The minimum Gasteiger partial charge on any atom is -0.455 e. The monoisotopic (exact) mass is 311 g/mol. The molecule has 0 unspecified atom stereocenters. The average Bonchev–Trinajstić information content (AvgIpc) is 2.25. The summed E-state index contributed by atoms with van der Waals surface area (Å²) in [6.07, 6.45) is 0.